The fourth-order valence-corrected chi connectivity index (χ4v) is 4.02. The molecule has 2 heterocycles. The summed E-state index contributed by atoms with van der Waals surface area (Å²) in [4.78, 5) is 41.1. The van der Waals surface area contributed by atoms with Gasteiger partial charge in [-0.3, -0.25) is 14.4 Å². The van der Waals surface area contributed by atoms with E-state index in [1.807, 2.05) is 4.90 Å². The van der Waals surface area contributed by atoms with Crippen molar-refractivity contribution in [2.45, 2.75) is 19.8 Å². The zero-order chi connectivity index (χ0) is 22.8. The summed E-state index contributed by atoms with van der Waals surface area (Å²) in [6, 6.07) is 13.4. The van der Waals surface area contributed by atoms with E-state index >= 15 is 0 Å². The van der Waals surface area contributed by atoms with Gasteiger partial charge in [-0.15, -0.1) is 0 Å². The van der Waals surface area contributed by atoms with Crippen molar-refractivity contribution in [1.29, 1.82) is 0 Å². The van der Waals surface area contributed by atoms with Crippen LogP contribution in [0.1, 0.15) is 30.1 Å². The number of imide groups is 1. The van der Waals surface area contributed by atoms with E-state index in [4.69, 9.17) is 16.3 Å². The third kappa shape index (κ3) is 4.21. The number of likely N-dealkylation sites (tertiary alicyclic amines) is 1. The Morgan fingerprint density at radius 1 is 1.00 bits per heavy atom. The van der Waals surface area contributed by atoms with Crippen molar-refractivity contribution in [2.75, 3.05) is 30.4 Å². The highest BCUT2D eigenvalue weighted by Crippen LogP contribution is 2.31. The lowest BCUT2D eigenvalue weighted by molar-refractivity contribution is -0.120. The van der Waals surface area contributed by atoms with Crippen molar-refractivity contribution in [3.63, 3.8) is 0 Å². The number of ether oxygens (including phenoxy) is 1. The zero-order valence-corrected chi connectivity index (χ0v) is 18.7. The third-order valence-corrected chi connectivity index (χ3v) is 6.18. The quantitative estimate of drug-likeness (QED) is 0.692. The van der Waals surface area contributed by atoms with E-state index in [-0.39, 0.29) is 16.6 Å². The number of halogens is 1. The molecule has 2 aliphatic heterocycles. The minimum absolute atomic E-state index is 0.00139. The molecule has 1 N–H and O–H groups in total. The number of amides is 3. The number of nitrogens with one attached hydrogen (secondary N) is 1. The van der Waals surface area contributed by atoms with Gasteiger partial charge in [0.25, 0.3) is 17.7 Å². The molecule has 3 amide bonds. The number of carbonyl (C=O) groups excluding carboxylic acids is 3. The molecule has 0 spiro atoms. The van der Waals surface area contributed by atoms with E-state index in [1.54, 1.807) is 48.5 Å². The molecular formula is C24H24ClN3O4. The second-order valence-corrected chi connectivity index (χ2v) is 8.39. The Hall–Kier alpha value is -3.32. The number of hydrogen-bond donors (Lipinski definition) is 1. The number of benzene rings is 2. The molecule has 0 saturated carbocycles. The van der Waals surface area contributed by atoms with E-state index < -0.39 is 11.8 Å². The average Bonchev–Trinajstić information content (AvgIpc) is 3.03. The topological polar surface area (TPSA) is 79.0 Å². The van der Waals surface area contributed by atoms with Crippen molar-refractivity contribution in [2.24, 2.45) is 5.92 Å². The lowest BCUT2D eigenvalue weighted by atomic mass is 9.98. The van der Waals surface area contributed by atoms with E-state index in [9.17, 15) is 14.4 Å². The smallest absolute Gasteiger partial charge is 0.283 e. The van der Waals surface area contributed by atoms with Crippen LogP contribution in [0, 0.1) is 5.92 Å². The van der Waals surface area contributed by atoms with Gasteiger partial charge in [0.15, 0.2) is 0 Å². The van der Waals surface area contributed by atoms with Gasteiger partial charge in [0.1, 0.15) is 16.5 Å². The Kier molecular flexibility index (Phi) is 6.19. The first kappa shape index (κ1) is 21.9. The number of rotatable bonds is 5. The van der Waals surface area contributed by atoms with E-state index in [0.29, 0.717) is 28.6 Å². The minimum atomic E-state index is -0.601. The Morgan fingerprint density at radius 3 is 2.22 bits per heavy atom. The number of piperidine rings is 1. The summed E-state index contributed by atoms with van der Waals surface area (Å²) in [5, 5.41) is 2.74. The highest BCUT2D eigenvalue weighted by molar-refractivity contribution is 6.53. The van der Waals surface area contributed by atoms with Crippen molar-refractivity contribution in [3.05, 3.63) is 64.8 Å². The van der Waals surface area contributed by atoms with Crippen molar-refractivity contribution < 1.29 is 19.1 Å². The van der Waals surface area contributed by atoms with Crippen LogP contribution >= 0.6 is 11.6 Å². The Labute approximate surface area is 191 Å². The van der Waals surface area contributed by atoms with Crippen LogP contribution in [0.15, 0.2) is 59.3 Å². The van der Waals surface area contributed by atoms with Crippen LogP contribution in [-0.4, -0.2) is 42.8 Å². The molecule has 32 heavy (non-hydrogen) atoms. The molecule has 0 aromatic heterocycles. The first-order valence-corrected chi connectivity index (χ1v) is 10.9. The van der Waals surface area contributed by atoms with E-state index in [0.717, 1.165) is 30.8 Å². The summed E-state index contributed by atoms with van der Waals surface area (Å²) in [7, 11) is 1.54. The average molecular weight is 454 g/mol. The van der Waals surface area contributed by atoms with Gasteiger partial charge in [-0.2, -0.15) is 0 Å². The molecule has 4 rings (SSSR count). The molecular weight excluding hydrogens is 430 g/mol. The Bertz CT molecular complexity index is 1070. The molecule has 2 aromatic rings. The second kappa shape index (κ2) is 9.04. The largest absolute Gasteiger partial charge is 0.497 e. The van der Waals surface area contributed by atoms with Gasteiger partial charge in [-0.25, -0.2) is 4.90 Å². The van der Waals surface area contributed by atoms with Crippen molar-refractivity contribution >= 4 is 40.7 Å². The van der Waals surface area contributed by atoms with Crippen LogP contribution in [0.5, 0.6) is 5.75 Å². The number of carbonyl (C=O) groups is 3. The monoisotopic (exact) mass is 453 g/mol. The normalized spacial score (nSPS) is 17.2. The predicted octanol–water partition coefficient (Wildman–Crippen LogP) is 4.00. The molecule has 1 fully saturated rings. The molecule has 2 aromatic carbocycles. The fourth-order valence-electron chi connectivity index (χ4n) is 3.81. The Morgan fingerprint density at radius 2 is 1.62 bits per heavy atom. The van der Waals surface area contributed by atoms with Crippen molar-refractivity contribution in [1.82, 2.24) is 4.90 Å². The van der Waals surface area contributed by atoms with Crippen LogP contribution in [0.25, 0.3) is 0 Å². The number of methoxy groups -OCH3 is 1. The summed E-state index contributed by atoms with van der Waals surface area (Å²) >= 11 is 6.19. The minimum Gasteiger partial charge on any atom is -0.497 e. The van der Waals surface area contributed by atoms with Gasteiger partial charge >= 0.3 is 0 Å². The van der Waals surface area contributed by atoms with Crippen LogP contribution in [0.3, 0.4) is 0 Å². The SMILES string of the molecule is COc1ccc(N2C(=O)C(Cl)=C(Nc3ccc(C(=O)N4CCC(C)CC4)cc3)C2=O)cc1. The maximum Gasteiger partial charge on any atom is 0.283 e. The molecule has 166 valence electrons. The molecule has 2 aliphatic rings. The number of anilines is 2. The molecule has 8 heteroatoms. The van der Waals surface area contributed by atoms with Gasteiger partial charge in [-0.1, -0.05) is 18.5 Å². The summed E-state index contributed by atoms with van der Waals surface area (Å²) in [5.74, 6) is 0.105. The highest BCUT2D eigenvalue weighted by atomic mass is 35.5. The van der Waals surface area contributed by atoms with Crippen molar-refractivity contribution in [3.8, 4) is 5.75 Å². The lowest BCUT2D eigenvalue weighted by Gasteiger charge is -2.30. The third-order valence-electron chi connectivity index (χ3n) is 5.83. The molecule has 0 bridgehead atoms. The van der Waals surface area contributed by atoms with Crippen LogP contribution in [0.4, 0.5) is 11.4 Å². The first-order chi connectivity index (χ1) is 15.4. The predicted molar refractivity (Wildman–Crippen MR) is 123 cm³/mol. The maximum absolute atomic E-state index is 12.9. The van der Waals surface area contributed by atoms with Gasteiger partial charge in [0.2, 0.25) is 0 Å². The van der Waals surface area contributed by atoms with Crippen LogP contribution < -0.4 is 15.0 Å². The lowest BCUT2D eigenvalue weighted by Crippen LogP contribution is -2.37. The van der Waals surface area contributed by atoms with Gasteiger partial charge in [0.05, 0.1) is 12.8 Å². The summed E-state index contributed by atoms with van der Waals surface area (Å²) in [5.41, 5.74) is 1.53. The Balaban J connectivity index is 1.46. The summed E-state index contributed by atoms with van der Waals surface area (Å²) in [6.45, 7) is 3.73. The molecule has 0 unspecified atom stereocenters. The number of nitrogens with zero attached hydrogens (tertiary/aromatic N) is 2. The highest BCUT2D eigenvalue weighted by Gasteiger charge is 2.39. The second-order valence-electron chi connectivity index (χ2n) is 8.01. The van der Waals surface area contributed by atoms with Gasteiger partial charge < -0.3 is 15.0 Å². The van der Waals surface area contributed by atoms with E-state index in [1.165, 1.54) is 7.11 Å². The molecule has 0 radical (unpaired) electrons. The summed E-state index contributed by atoms with van der Waals surface area (Å²) in [6.07, 6.45) is 2.03. The fraction of sp³-hybridized carbons (Fsp3) is 0.292. The zero-order valence-electron chi connectivity index (χ0n) is 17.9. The van der Waals surface area contributed by atoms with Crippen LogP contribution in [-0.2, 0) is 9.59 Å². The van der Waals surface area contributed by atoms with Gasteiger partial charge in [-0.05, 0) is 67.3 Å². The molecule has 0 aliphatic carbocycles. The molecule has 0 atom stereocenters. The maximum atomic E-state index is 12.9. The van der Waals surface area contributed by atoms with Crippen LogP contribution in [0.2, 0.25) is 0 Å². The molecule has 1 saturated heterocycles. The van der Waals surface area contributed by atoms with Gasteiger partial charge in [0, 0.05) is 24.3 Å². The molecule has 7 nitrogen and oxygen atoms in total. The number of hydrogen-bond acceptors (Lipinski definition) is 5. The summed E-state index contributed by atoms with van der Waals surface area (Å²) < 4.78 is 5.11. The van der Waals surface area contributed by atoms with E-state index in [2.05, 4.69) is 12.2 Å². The first-order valence-electron chi connectivity index (χ1n) is 10.5. The standard InChI is InChI=1S/C24H24ClN3O4/c1-15-11-13-27(14-12-15)22(29)16-3-5-17(6-4-16)26-21-20(25)23(30)28(24(21)31)18-7-9-19(32-2)10-8-18/h3-10,15,26H,11-14H2,1-2H3.